The molecule has 4 nitrogen and oxygen atoms in total. The minimum atomic E-state index is -4.42. The van der Waals surface area contributed by atoms with Crippen molar-refractivity contribution in [1.82, 2.24) is 5.32 Å². The van der Waals surface area contributed by atoms with E-state index in [2.05, 4.69) is 5.32 Å². The molecule has 0 saturated carbocycles. The molecule has 3 rings (SSSR count). The van der Waals surface area contributed by atoms with Crippen molar-refractivity contribution in [1.29, 1.82) is 0 Å². The van der Waals surface area contributed by atoms with Gasteiger partial charge in [-0.25, -0.2) is 0 Å². The molecule has 2 aromatic carbocycles. The number of quaternary nitrogens is 1. The predicted octanol–water partition coefficient (Wildman–Crippen LogP) is 2.48. The number of hydrogen-bond acceptors (Lipinski definition) is 2. The monoisotopic (exact) mass is 393 g/mol. The second-order valence-corrected chi connectivity index (χ2v) is 7.00. The lowest BCUT2D eigenvalue weighted by molar-refractivity contribution is -0.940. The number of rotatable bonds is 5. The summed E-state index contributed by atoms with van der Waals surface area (Å²) in [5, 5.41) is 2.97. The van der Waals surface area contributed by atoms with E-state index in [9.17, 15) is 18.0 Å². The number of carbonyl (C=O) groups excluding carboxylic acids is 1. The highest BCUT2D eigenvalue weighted by Gasteiger charge is 2.33. The van der Waals surface area contributed by atoms with Gasteiger partial charge in [-0.1, -0.05) is 30.3 Å². The zero-order valence-electron chi connectivity index (χ0n) is 15.6. The molecule has 0 aromatic heterocycles. The standard InChI is InChI=1S/C21H23F3N2O2/c1-15(25-20(27)17-7-9-18(10-8-17)21(22,23)24)19(16-5-3-2-4-6-16)26-11-13-28-14-12-26/h2-10,15,19H,11-14H2,1H3,(H,25,27)/p+1/t15-,19-/m1/s1. The van der Waals surface area contributed by atoms with Crippen LogP contribution < -0.4 is 10.2 Å². The minimum Gasteiger partial charge on any atom is -0.370 e. The summed E-state index contributed by atoms with van der Waals surface area (Å²) in [6.07, 6.45) is -4.42. The summed E-state index contributed by atoms with van der Waals surface area (Å²) in [6.45, 7) is 4.93. The molecule has 1 aliphatic heterocycles. The Morgan fingerprint density at radius 3 is 2.21 bits per heavy atom. The van der Waals surface area contributed by atoms with Crippen LogP contribution in [0.5, 0.6) is 0 Å². The Labute approximate surface area is 162 Å². The zero-order chi connectivity index (χ0) is 20.1. The zero-order valence-corrected chi connectivity index (χ0v) is 15.6. The Morgan fingerprint density at radius 2 is 1.64 bits per heavy atom. The number of amides is 1. The molecule has 28 heavy (non-hydrogen) atoms. The SMILES string of the molecule is C[C@@H](NC(=O)c1ccc(C(F)(F)F)cc1)[C@H](c1ccccc1)[NH+]1CCOCC1. The molecule has 2 aromatic rings. The van der Waals surface area contributed by atoms with Crippen LogP contribution in [-0.4, -0.2) is 38.3 Å². The Morgan fingerprint density at radius 1 is 1.04 bits per heavy atom. The summed E-state index contributed by atoms with van der Waals surface area (Å²) in [7, 11) is 0. The van der Waals surface area contributed by atoms with Crippen LogP contribution in [0.1, 0.15) is 34.5 Å². The lowest BCUT2D eigenvalue weighted by atomic mass is 9.97. The molecule has 1 aliphatic rings. The first kappa shape index (κ1) is 20.4. The van der Waals surface area contributed by atoms with Gasteiger partial charge in [-0.2, -0.15) is 13.2 Å². The summed E-state index contributed by atoms with van der Waals surface area (Å²) in [5.41, 5.74) is 0.556. The Balaban J connectivity index is 1.75. The summed E-state index contributed by atoms with van der Waals surface area (Å²) >= 11 is 0. The maximum absolute atomic E-state index is 12.7. The first-order valence-corrected chi connectivity index (χ1v) is 9.31. The van der Waals surface area contributed by atoms with E-state index in [4.69, 9.17) is 4.74 Å². The number of hydrogen-bond donors (Lipinski definition) is 2. The van der Waals surface area contributed by atoms with Gasteiger partial charge < -0.3 is 15.0 Å². The molecule has 0 spiro atoms. The van der Waals surface area contributed by atoms with Crippen LogP contribution in [0.3, 0.4) is 0 Å². The number of ether oxygens (including phenoxy) is 1. The highest BCUT2D eigenvalue weighted by atomic mass is 19.4. The second-order valence-electron chi connectivity index (χ2n) is 7.00. The quantitative estimate of drug-likeness (QED) is 0.820. The summed E-state index contributed by atoms with van der Waals surface area (Å²) in [4.78, 5) is 13.9. The molecule has 2 atom stereocenters. The Kier molecular flexibility index (Phi) is 6.36. The molecule has 1 amide bonds. The van der Waals surface area contributed by atoms with Gasteiger partial charge in [0.25, 0.3) is 5.91 Å². The highest BCUT2D eigenvalue weighted by Crippen LogP contribution is 2.29. The van der Waals surface area contributed by atoms with Crippen molar-refractivity contribution in [2.24, 2.45) is 0 Å². The number of alkyl halides is 3. The van der Waals surface area contributed by atoms with Crippen LogP contribution in [0, 0.1) is 0 Å². The van der Waals surface area contributed by atoms with Crippen LogP contribution in [0.2, 0.25) is 0 Å². The van der Waals surface area contributed by atoms with Crippen LogP contribution in [0.25, 0.3) is 0 Å². The van der Waals surface area contributed by atoms with Crippen LogP contribution in [0.4, 0.5) is 13.2 Å². The second kappa shape index (κ2) is 8.75. The third-order valence-electron chi connectivity index (χ3n) is 5.07. The first-order chi connectivity index (χ1) is 13.4. The van der Waals surface area contributed by atoms with Gasteiger partial charge in [0.1, 0.15) is 19.1 Å². The molecule has 7 heteroatoms. The van der Waals surface area contributed by atoms with Gasteiger partial charge in [-0.15, -0.1) is 0 Å². The molecule has 1 saturated heterocycles. The predicted molar refractivity (Wildman–Crippen MR) is 99.1 cm³/mol. The molecule has 0 unspecified atom stereocenters. The van der Waals surface area contributed by atoms with E-state index < -0.39 is 11.7 Å². The fourth-order valence-electron chi connectivity index (χ4n) is 3.67. The molecule has 0 bridgehead atoms. The van der Waals surface area contributed by atoms with Crippen LogP contribution >= 0.6 is 0 Å². The van der Waals surface area contributed by atoms with E-state index in [0.717, 1.165) is 30.8 Å². The number of nitrogens with one attached hydrogen (secondary N) is 2. The van der Waals surface area contributed by atoms with E-state index in [1.54, 1.807) is 0 Å². The fraction of sp³-hybridized carbons (Fsp3) is 0.381. The number of benzene rings is 2. The smallest absolute Gasteiger partial charge is 0.370 e. The summed E-state index contributed by atoms with van der Waals surface area (Å²) < 4.78 is 43.6. The van der Waals surface area contributed by atoms with Crippen molar-refractivity contribution in [2.45, 2.75) is 25.2 Å². The van der Waals surface area contributed by atoms with E-state index in [-0.39, 0.29) is 23.6 Å². The molecule has 1 fully saturated rings. The van der Waals surface area contributed by atoms with Gasteiger partial charge in [0.2, 0.25) is 0 Å². The van der Waals surface area contributed by atoms with Gasteiger partial charge in [0.15, 0.2) is 0 Å². The highest BCUT2D eigenvalue weighted by molar-refractivity contribution is 5.94. The van der Waals surface area contributed by atoms with Crippen molar-refractivity contribution in [2.75, 3.05) is 26.3 Å². The van der Waals surface area contributed by atoms with Crippen LogP contribution in [-0.2, 0) is 10.9 Å². The Hall–Kier alpha value is -2.38. The largest absolute Gasteiger partial charge is 0.416 e. The Bertz CT molecular complexity index is 772. The molecule has 0 aliphatic carbocycles. The van der Waals surface area contributed by atoms with Gasteiger partial charge in [-0.05, 0) is 31.2 Å². The third kappa shape index (κ3) is 4.91. The van der Waals surface area contributed by atoms with Gasteiger partial charge in [-0.3, -0.25) is 4.79 Å². The fourth-order valence-corrected chi connectivity index (χ4v) is 3.67. The molecule has 0 radical (unpaired) electrons. The average Bonchev–Trinajstić information content (AvgIpc) is 2.69. The first-order valence-electron chi connectivity index (χ1n) is 9.31. The van der Waals surface area contributed by atoms with E-state index in [0.29, 0.717) is 13.2 Å². The van der Waals surface area contributed by atoms with Crippen molar-refractivity contribution in [3.8, 4) is 0 Å². The third-order valence-corrected chi connectivity index (χ3v) is 5.07. The number of morpholine rings is 1. The van der Waals surface area contributed by atoms with Crippen molar-refractivity contribution in [3.05, 3.63) is 71.3 Å². The van der Waals surface area contributed by atoms with E-state index >= 15 is 0 Å². The molecule has 1 heterocycles. The van der Waals surface area contributed by atoms with Crippen molar-refractivity contribution in [3.63, 3.8) is 0 Å². The van der Waals surface area contributed by atoms with Crippen LogP contribution in [0.15, 0.2) is 54.6 Å². The van der Waals surface area contributed by atoms with Gasteiger partial charge in [0.05, 0.1) is 24.8 Å². The molecule has 2 N–H and O–H groups in total. The maximum atomic E-state index is 12.7. The number of halogens is 3. The van der Waals surface area contributed by atoms with E-state index in [1.165, 1.54) is 17.0 Å². The van der Waals surface area contributed by atoms with Gasteiger partial charge in [0, 0.05) is 11.1 Å². The number of carbonyl (C=O) groups is 1. The normalized spacial score (nSPS) is 17.7. The maximum Gasteiger partial charge on any atom is 0.416 e. The summed E-state index contributed by atoms with van der Waals surface area (Å²) in [6, 6.07) is 14.1. The minimum absolute atomic E-state index is 0.0310. The van der Waals surface area contributed by atoms with Crippen molar-refractivity contribution < 1.29 is 27.6 Å². The van der Waals surface area contributed by atoms with E-state index in [1.807, 2.05) is 37.3 Å². The molecular formula is C21H24F3N2O2+. The molecular weight excluding hydrogens is 369 g/mol. The lowest BCUT2D eigenvalue weighted by Gasteiger charge is -2.35. The topological polar surface area (TPSA) is 42.8 Å². The average molecular weight is 393 g/mol. The van der Waals surface area contributed by atoms with Crippen molar-refractivity contribution >= 4 is 5.91 Å². The molecule has 150 valence electrons. The lowest BCUT2D eigenvalue weighted by Crippen LogP contribution is -3.15. The van der Waals surface area contributed by atoms with Gasteiger partial charge >= 0.3 is 6.18 Å². The summed E-state index contributed by atoms with van der Waals surface area (Å²) in [5.74, 6) is -0.380.